The van der Waals surface area contributed by atoms with Crippen LogP contribution in [0.5, 0.6) is 0 Å². The Bertz CT molecular complexity index is 260. The molecule has 0 aromatic carbocycles. The number of allylic oxidation sites excluding steroid dienone is 1. The van der Waals surface area contributed by atoms with Crippen LogP contribution in [0.3, 0.4) is 0 Å². The summed E-state index contributed by atoms with van der Waals surface area (Å²) >= 11 is 0. The van der Waals surface area contributed by atoms with Gasteiger partial charge in [-0.25, -0.2) is 13.1 Å². The summed E-state index contributed by atoms with van der Waals surface area (Å²) in [5.41, 5.74) is 5.71. The smallest absolute Gasteiger partial charge is 0.211 e. The van der Waals surface area contributed by atoms with Crippen molar-refractivity contribution < 1.29 is 8.42 Å². The van der Waals surface area contributed by atoms with Gasteiger partial charge < -0.3 is 5.73 Å². The summed E-state index contributed by atoms with van der Waals surface area (Å²) in [6.45, 7) is 7.70. The maximum absolute atomic E-state index is 11.3. The minimum atomic E-state index is -3.17. The molecule has 0 bridgehead atoms. The highest BCUT2D eigenvalue weighted by atomic mass is 32.2. The molecule has 0 saturated heterocycles. The average Bonchev–Trinajstić information content (AvgIpc) is 2.11. The van der Waals surface area contributed by atoms with Gasteiger partial charge in [-0.3, -0.25) is 0 Å². The van der Waals surface area contributed by atoms with Gasteiger partial charge in [0.25, 0.3) is 0 Å². The summed E-state index contributed by atoms with van der Waals surface area (Å²) in [4.78, 5) is 0. The Morgan fingerprint density at radius 1 is 1.50 bits per heavy atom. The summed E-state index contributed by atoms with van der Waals surface area (Å²) in [6.07, 6.45) is 2.05. The van der Waals surface area contributed by atoms with Gasteiger partial charge in [0.15, 0.2) is 0 Å². The van der Waals surface area contributed by atoms with Gasteiger partial charge in [-0.05, 0) is 12.3 Å². The molecule has 0 heterocycles. The number of nitrogens with two attached hydrogens (primary N) is 1. The predicted molar refractivity (Wildman–Crippen MR) is 59.4 cm³/mol. The second kappa shape index (κ2) is 6.16. The van der Waals surface area contributed by atoms with Crippen LogP contribution >= 0.6 is 0 Å². The first-order chi connectivity index (χ1) is 6.39. The predicted octanol–water partition coefficient (Wildman–Crippen LogP) is 0.465. The summed E-state index contributed by atoms with van der Waals surface area (Å²) in [5, 5.41) is 0. The third kappa shape index (κ3) is 6.12. The highest BCUT2D eigenvalue weighted by Crippen LogP contribution is 1.98. The molecule has 5 heteroatoms. The van der Waals surface area contributed by atoms with Crippen molar-refractivity contribution in [2.24, 2.45) is 11.7 Å². The molecule has 0 aliphatic rings. The lowest BCUT2D eigenvalue weighted by Crippen LogP contribution is -2.41. The van der Waals surface area contributed by atoms with E-state index in [-0.39, 0.29) is 17.7 Å². The molecule has 3 N–H and O–H groups in total. The number of rotatable bonds is 7. The van der Waals surface area contributed by atoms with Gasteiger partial charge in [0, 0.05) is 12.6 Å². The van der Waals surface area contributed by atoms with Crippen LogP contribution in [-0.4, -0.2) is 26.8 Å². The van der Waals surface area contributed by atoms with E-state index >= 15 is 0 Å². The lowest BCUT2D eigenvalue weighted by molar-refractivity contribution is 0.481. The zero-order chi connectivity index (χ0) is 11.2. The highest BCUT2D eigenvalue weighted by molar-refractivity contribution is 7.89. The topological polar surface area (TPSA) is 72.2 Å². The molecular formula is C9H20N2O2S. The van der Waals surface area contributed by atoms with Crippen molar-refractivity contribution in [2.75, 3.05) is 12.3 Å². The Balaban J connectivity index is 3.93. The molecule has 0 radical (unpaired) electrons. The third-order valence-electron chi connectivity index (χ3n) is 1.99. The molecular weight excluding hydrogens is 200 g/mol. The van der Waals surface area contributed by atoms with Crippen molar-refractivity contribution in [3.8, 4) is 0 Å². The van der Waals surface area contributed by atoms with E-state index < -0.39 is 10.0 Å². The molecule has 0 aromatic rings. The Labute approximate surface area is 86.6 Å². The molecule has 4 nitrogen and oxygen atoms in total. The number of nitrogens with one attached hydrogen (secondary N) is 1. The molecule has 0 aliphatic carbocycles. The molecule has 0 aromatic heterocycles. The van der Waals surface area contributed by atoms with Gasteiger partial charge >= 0.3 is 0 Å². The van der Waals surface area contributed by atoms with Crippen LogP contribution in [0, 0.1) is 5.92 Å². The molecule has 0 fully saturated rings. The highest BCUT2D eigenvalue weighted by Gasteiger charge is 2.13. The first kappa shape index (κ1) is 13.6. The monoisotopic (exact) mass is 220 g/mol. The van der Waals surface area contributed by atoms with E-state index in [2.05, 4.69) is 11.3 Å². The largest absolute Gasteiger partial charge is 0.326 e. The quantitative estimate of drug-likeness (QED) is 0.612. The minimum absolute atomic E-state index is 0.0846. The molecule has 14 heavy (non-hydrogen) atoms. The first-order valence-corrected chi connectivity index (χ1v) is 6.38. The molecule has 0 aliphatic heterocycles. The van der Waals surface area contributed by atoms with Crippen LogP contribution in [-0.2, 0) is 10.0 Å². The van der Waals surface area contributed by atoms with E-state index in [0.717, 1.165) is 0 Å². The van der Waals surface area contributed by atoms with Crippen molar-refractivity contribution in [1.82, 2.24) is 4.72 Å². The Morgan fingerprint density at radius 2 is 2.07 bits per heavy atom. The molecule has 0 saturated carbocycles. The Hall–Kier alpha value is -0.390. The van der Waals surface area contributed by atoms with Crippen molar-refractivity contribution in [3.05, 3.63) is 12.7 Å². The van der Waals surface area contributed by atoms with Crippen LogP contribution in [0.25, 0.3) is 0 Å². The molecule has 0 unspecified atom stereocenters. The van der Waals surface area contributed by atoms with Gasteiger partial charge in [-0.15, -0.1) is 6.58 Å². The Kier molecular flexibility index (Phi) is 5.99. The van der Waals surface area contributed by atoms with Crippen LogP contribution in [0.4, 0.5) is 0 Å². The second-order valence-electron chi connectivity index (χ2n) is 3.65. The summed E-state index contributed by atoms with van der Waals surface area (Å²) in [6, 6.07) is -0.131. The minimum Gasteiger partial charge on any atom is -0.326 e. The normalized spacial score (nSPS) is 14.3. The van der Waals surface area contributed by atoms with Crippen LogP contribution in [0.2, 0.25) is 0 Å². The number of hydrogen-bond donors (Lipinski definition) is 2. The van der Waals surface area contributed by atoms with Gasteiger partial charge in [-0.2, -0.15) is 0 Å². The van der Waals surface area contributed by atoms with E-state index in [1.54, 1.807) is 6.08 Å². The maximum atomic E-state index is 11.3. The van der Waals surface area contributed by atoms with Gasteiger partial charge in [0.2, 0.25) is 10.0 Å². The van der Waals surface area contributed by atoms with Crippen molar-refractivity contribution in [2.45, 2.75) is 26.3 Å². The zero-order valence-corrected chi connectivity index (χ0v) is 9.68. The first-order valence-electron chi connectivity index (χ1n) is 4.73. The fourth-order valence-corrected chi connectivity index (χ4v) is 1.84. The van der Waals surface area contributed by atoms with E-state index in [4.69, 9.17) is 5.73 Å². The maximum Gasteiger partial charge on any atom is 0.211 e. The standard InChI is InChI=1S/C9H20N2O2S/c1-4-5-6-14(12,13)11-7-9(10)8(2)3/h4,8-9,11H,1,5-7,10H2,2-3H3/t9-/m1/s1. The van der Waals surface area contributed by atoms with Gasteiger partial charge in [-0.1, -0.05) is 19.9 Å². The third-order valence-corrected chi connectivity index (χ3v) is 3.37. The van der Waals surface area contributed by atoms with E-state index in [0.29, 0.717) is 13.0 Å². The summed E-state index contributed by atoms with van der Waals surface area (Å²) in [5.74, 6) is 0.360. The van der Waals surface area contributed by atoms with E-state index in [1.807, 2.05) is 13.8 Å². The molecule has 0 rings (SSSR count). The van der Waals surface area contributed by atoms with Crippen molar-refractivity contribution >= 4 is 10.0 Å². The van der Waals surface area contributed by atoms with E-state index in [1.165, 1.54) is 0 Å². The number of hydrogen-bond acceptors (Lipinski definition) is 3. The Morgan fingerprint density at radius 3 is 2.50 bits per heavy atom. The number of sulfonamides is 1. The fourth-order valence-electron chi connectivity index (χ4n) is 0.770. The van der Waals surface area contributed by atoms with Crippen LogP contribution in [0.15, 0.2) is 12.7 Å². The lowest BCUT2D eigenvalue weighted by Gasteiger charge is -2.15. The van der Waals surface area contributed by atoms with Crippen molar-refractivity contribution in [3.63, 3.8) is 0 Å². The summed E-state index contributed by atoms with van der Waals surface area (Å²) < 4.78 is 25.1. The van der Waals surface area contributed by atoms with Gasteiger partial charge in [0.1, 0.15) is 0 Å². The van der Waals surface area contributed by atoms with E-state index in [9.17, 15) is 8.42 Å². The molecule has 0 amide bonds. The van der Waals surface area contributed by atoms with Crippen molar-refractivity contribution in [1.29, 1.82) is 0 Å². The second-order valence-corrected chi connectivity index (χ2v) is 5.58. The SMILES string of the molecule is C=CCCS(=O)(=O)NC[C@@H](N)C(C)C. The van der Waals surface area contributed by atoms with Crippen LogP contribution in [0.1, 0.15) is 20.3 Å². The van der Waals surface area contributed by atoms with Crippen LogP contribution < -0.4 is 10.5 Å². The molecule has 84 valence electrons. The zero-order valence-electron chi connectivity index (χ0n) is 8.86. The average molecular weight is 220 g/mol. The summed E-state index contributed by atoms with van der Waals surface area (Å²) in [7, 11) is -3.17. The molecule has 1 atom stereocenters. The molecule has 0 spiro atoms. The lowest BCUT2D eigenvalue weighted by atomic mass is 10.1. The van der Waals surface area contributed by atoms with Gasteiger partial charge in [0.05, 0.1) is 5.75 Å². The fraction of sp³-hybridized carbons (Fsp3) is 0.778.